The first-order valence-corrected chi connectivity index (χ1v) is 5.94. The summed E-state index contributed by atoms with van der Waals surface area (Å²) in [5, 5.41) is 0. The summed E-state index contributed by atoms with van der Waals surface area (Å²) < 4.78 is 0. The van der Waals surface area contributed by atoms with Gasteiger partial charge in [-0.3, -0.25) is 9.69 Å². The van der Waals surface area contributed by atoms with Crippen molar-refractivity contribution in [1.29, 1.82) is 0 Å². The second-order valence-electron chi connectivity index (χ2n) is 4.38. The summed E-state index contributed by atoms with van der Waals surface area (Å²) in [7, 11) is 0. The zero-order chi connectivity index (χ0) is 12.3. The lowest BCUT2D eigenvalue weighted by atomic mass is 10.2. The molecule has 0 saturated carbocycles. The maximum absolute atomic E-state index is 11.2. The smallest absolute Gasteiger partial charge is 0.252 e. The van der Waals surface area contributed by atoms with E-state index in [1.165, 1.54) is 6.33 Å². The Morgan fingerprint density at radius 1 is 1.47 bits per heavy atom. The molecule has 6 nitrogen and oxygen atoms in total. The molecule has 0 radical (unpaired) electrons. The quantitative estimate of drug-likeness (QED) is 0.722. The molecular weight excluding hydrogens is 218 g/mol. The molecule has 1 atom stereocenters. The summed E-state index contributed by atoms with van der Waals surface area (Å²) in [5.74, 6) is 0.758. The number of nitrogens with zero attached hydrogens (tertiary/aromatic N) is 3. The lowest BCUT2D eigenvalue weighted by Crippen LogP contribution is -2.51. The van der Waals surface area contributed by atoms with Crippen molar-refractivity contribution in [3.63, 3.8) is 0 Å². The molecule has 94 valence electrons. The predicted molar refractivity (Wildman–Crippen MR) is 67.2 cm³/mol. The maximum Gasteiger partial charge on any atom is 0.252 e. The molecule has 0 aliphatic carbocycles. The SMILES string of the molecule is CC(CN)N1CCN(c2cc(=O)[nH]cn2)CC1. The van der Waals surface area contributed by atoms with Crippen LogP contribution >= 0.6 is 0 Å². The number of aromatic amines is 1. The average molecular weight is 237 g/mol. The molecule has 1 aliphatic heterocycles. The van der Waals surface area contributed by atoms with Gasteiger partial charge in [-0.1, -0.05) is 0 Å². The van der Waals surface area contributed by atoms with Crippen LogP contribution in [0.4, 0.5) is 5.82 Å². The Morgan fingerprint density at radius 2 is 2.18 bits per heavy atom. The summed E-state index contributed by atoms with van der Waals surface area (Å²) in [5.41, 5.74) is 5.55. The van der Waals surface area contributed by atoms with Gasteiger partial charge in [0.25, 0.3) is 5.56 Å². The topological polar surface area (TPSA) is 78.2 Å². The standard InChI is InChI=1S/C11H19N5O/c1-9(7-12)15-2-4-16(5-3-15)10-6-11(17)14-8-13-10/h6,8-9H,2-5,7,12H2,1H3,(H,13,14,17). The molecule has 2 heterocycles. The summed E-state index contributed by atoms with van der Waals surface area (Å²) in [6.45, 7) is 6.53. The van der Waals surface area contributed by atoms with Gasteiger partial charge in [-0.2, -0.15) is 0 Å². The molecule has 3 N–H and O–H groups in total. The second kappa shape index (κ2) is 5.29. The second-order valence-corrected chi connectivity index (χ2v) is 4.38. The molecule has 1 aromatic rings. The van der Waals surface area contributed by atoms with Crippen LogP contribution in [0.25, 0.3) is 0 Å². The Kier molecular flexibility index (Phi) is 3.75. The Balaban J connectivity index is 1.97. The maximum atomic E-state index is 11.2. The number of H-pyrrole nitrogens is 1. The van der Waals surface area contributed by atoms with E-state index in [4.69, 9.17) is 5.73 Å². The first-order chi connectivity index (χ1) is 8.20. The molecule has 0 amide bonds. The van der Waals surface area contributed by atoms with Crippen LogP contribution in [0.1, 0.15) is 6.92 Å². The van der Waals surface area contributed by atoms with Crippen LogP contribution in [0.15, 0.2) is 17.2 Å². The van der Waals surface area contributed by atoms with Crippen LogP contribution in [-0.4, -0.2) is 53.6 Å². The third-order valence-corrected chi connectivity index (χ3v) is 3.27. The summed E-state index contributed by atoms with van der Waals surface area (Å²) in [6, 6.07) is 1.96. The lowest BCUT2D eigenvalue weighted by Gasteiger charge is -2.38. The number of rotatable bonds is 3. The summed E-state index contributed by atoms with van der Waals surface area (Å²) >= 11 is 0. The van der Waals surface area contributed by atoms with Gasteiger partial charge in [0, 0.05) is 44.8 Å². The fraction of sp³-hybridized carbons (Fsp3) is 0.636. The van der Waals surface area contributed by atoms with Crippen molar-refractivity contribution >= 4 is 5.82 Å². The summed E-state index contributed by atoms with van der Waals surface area (Å²) in [4.78, 5) is 22.4. The highest BCUT2D eigenvalue weighted by Crippen LogP contribution is 2.11. The average Bonchev–Trinajstić information content (AvgIpc) is 2.38. The first-order valence-electron chi connectivity index (χ1n) is 5.94. The number of aromatic nitrogens is 2. The lowest BCUT2D eigenvalue weighted by molar-refractivity contribution is 0.201. The molecule has 17 heavy (non-hydrogen) atoms. The van der Waals surface area contributed by atoms with E-state index in [0.29, 0.717) is 12.6 Å². The number of piperazine rings is 1. The van der Waals surface area contributed by atoms with Gasteiger partial charge in [-0.25, -0.2) is 4.98 Å². The Labute approximate surface area is 100 Å². The van der Waals surface area contributed by atoms with Crippen LogP contribution < -0.4 is 16.2 Å². The van der Waals surface area contributed by atoms with Gasteiger partial charge >= 0.3 is 0 Å². The molecule has 1 fully saturated rings. The zero-order valence-electron chi connectivity index (χ0n) is 10.1. The number of hydrogen-bond acceptors (Lipinski definition) is 5. The van der Waals surface area contributed by atoms with Crippen LogP contribution in [0.2, 0.25) is 0 Å². The molecule has 1 aromatic heterocycles. The zero-order valence-corrected chi connectivity index (χ0v) is 10.1. The van der Waals surface area contributed by atoms with Crippen molar-refractivity contribution in [2.24, 2.45) is 5.73 Å². The largest absolute Gasteiger partial charge is 0.354 e. The van der Waals surface area contributed by atoms with Crippen molar-refractivity contribution in [2.75, 3.05) is 37.6 Å². The molecule has 0 bridgehead atoms. The van der Waals surface area contributed by atoms with Crippen LogP contribution in [-0.2, 0) is 0 Å². The minimum atomic E-state index is -0.104. The van der Waals surface area contributed by atoms with Crippen LogP contribution in [0.3, 0.4) is 0 Å². The van der Waals surface area contributed by atoms with Gasteiger partial charge < -0.3 is 15.6 Å². The fourth-order valence-electron chi connectivity index (χ4n) is 2.07. The van der Waals surface area contributed by atoms with Gasteiger partial charge in [-0.05, 0) is 6.92 Å². The van der Waals surface area contributed by atoms with Gasteiger partial charge in [0.05, 0.1) is 6.33 Å². The third-order valence-electron chi connectivity index (χ3n) is 3.27. The number of anilines is 1. The van der Waals surface area contributed by atoms with Gasteiger partial charge in [-0.15, -0.1) is 0 Å². The van der Waals surface area contributed by atoms with Crippen LogP contribution in [0, 0.1) is 0 Å². The molecular formula is C11H19N5O. The van der Waals surface area contributed by atoms with E-state index in [9.17, 15) is 4.79 Å². The number of nitrogens with one attached hydrogen (secondary N) is 1. The minimum Gasteiger partial charge on any atom is -0.354 e. The Morgan fingerprint density at radius 3 is 2.76 bits per heavy atom. The number of hydrogen-bond donors (Lipinski definition) is 2. The molecule has 1 unspecified atom stereocenters. The third kappa shape index (κ3) is 2.83. The van der Waals surface area contributed by atoms with E-state index in [1.807, 2.05) is 0 Å². The van der Waals surface area contributed by atoms with Gasteiger partial charge in [0.1, 0.15) is 5.82 Å². The van der Waals surface area contributed by atoms with Crippen molar-refractivity contribution in [1.82, 2.24) is 14.9 Å². The normalized spacial score (nSPS) is 19.3. The fourth-order valence-corrected chi connectivity index (χ4v) is 2.07. The predicted octanol–water partition coefficient (Wildman–Crippen LogP) is -0.761. The van der Waals surface area contributed by atoms with Crippen molar-refractivity contribution in [2.45, 2.75) is 13.0 Å². The van der Waals surface area contributed by atoms with Crippen molar-refractivity contribution in [3.05, 3.63) is 22.7 Å². The van der Waals surface area contributed by atoms with E-state index in [1.54, 1.807) is 6.07 Å². The van der Waals surface area contributed by atoms with E-state index < -0.39 is 0 Å². The molecule has 0 spiro atoms. The minimum absolute atomic E-state index is 0.104. The highest BCUT2D eigenvalue weighted by Gasteiger charge is 2.20. The Hall–Kier alpha value is -1.40. The van der Waals surface area contributed by atoms with E-state index in [0.717, 1.165) is 32.0 Å². The van der Waals surface area contributed by atoms with Crippen LogP contribution in [0.5, 0.6) is 0 Å². The molecule has 1 aliphatic rings. The van der Waals surface area contributed by atoms with Crippen molar-refractivity contribution < 1.29 is 0 Å². The first kappa shape index (κ1) is 12.1. The summed E-state index contributed by atoms with van der Waals surface area (Å²) in [6.07, 6.45) is 1.45. The molecule has 2 rings (SSSR count). The molecule has 1 saturated heterocycles. The van der Waals surface area contributed by atoms with Gasteiger partial charge in [0.15, 0.2) is 0 Å². The highest BCUT2D eigenvalue weighted by atomic mass is 16.1. The molecule has 6 heteroatoms. The van der Waals surface area contributed by atoms with Gasteiger partial charge in [0.2, 0.25) is 0 Å². The monoisotopic (exact) mass is 237 g/mol. The van der Waals surface area contributed by atoms with E-state index in [2.05, 4.69) is 26.7 Å². The highest BCUT2D eigenvalue weighted by molar-refractivity contribution is 5.37. The molecule has 0 aromatic carbocycles. The van der Waals surface area contributed by atoms with Crippen molar-refractivity contribution in [3.8, 4) is 0 Å². The van der Waals surface area contributed by atoms with E-state index in [-0.39, 0.29) is 5.56 Å². The van der Waals surface area contributed by atoms with E-state index >= 15 is 0 Å². The number of nitrogens with two attached hydrogens (primary N) is 1. The Bertz CT molecular complexity index is 410.